The van der Waals surface area contributed by atoms with Crippen LogP contribution in [0.4, 0.5) is 5.95 Å². The normalized spacial score (nSPS) is 14.0. The minimum atomic E-state index is 0.513. The molecule has 0 radical (unpaired) electrons. The van der Waals surface area contributed by atoms with Crippen LogP contribution in [0.2, 0.25) is 0 Å². The Hall–Kier alpha value is -2.69. The Labute approximate surface area is 128 Å². The maximum Gasteiger partial charge on any atom is 0.223 e. The molecule has 5 nitrogen and oxygen atoms in total. The first-order valence-electron chi connectivity index (χ1n) is 7.41. The maximum atomic E-state index is 5.44. The van der Waals surface area contributed by atoms with Crippen molar-refractivity contribution < 1.29 is 4.42 Å². The first kappa shape index (κ1) is 13.0. The minimum Gasteiger partial charge on any atom is -0.469 e. The van der Waals surface area contributed by atoms with Crippen molar-refractivity contribution in [2.45, 2.75) is 25.8 Å². The van der Waals surface area contributed by atoms with Gasteiger partial charge in [-0.1, -0.05) is 6.07 Å². The van der Waals surface area contributed by atoms with Crippen molar-refractivity contribution in [1.29, 1.82) is 0 Å². The molecule has 0 bridgehead atoms. The number of hydrogen-bond donors (Lipinski definition) is 1. The lowest BCUT2D eigenvalue weighted by atomic mass is 10.1. The number of pyridine rings is 1. The van der Waals surface area contributed by atoms with Crippen molar-refractivity contribution in [1.82, 2.24) is 15.0 Å². The van der Waals surface area contributed by atoms with E-state index < -0.39 is 0 Å². The standard InChI is InChI=1S/C17H16N4O/c1-11-13(7-9-22-11)16-14(15-4-2-3-8-18-15)10-19-17(21-16)20-12-5-6-12/h2-4,7-10,12H,5-6H2,1H3,(H,19,20,21). The van der Waals surface area contributed by atoms with Crippen LogP contribution < -0.4 is 5.32 Å². The van der Waals surface area contributed by atoms with Gasteiger partial charge < -0.3 is 9.73 Å². The van der Waals surface area contributed by atoms with Crippen LogP contribution in [-0.2, 0) is 0 Å². The molecule has 0 aliphatic heterocycles. The summed E-state index contributed by atoms with van der Waals surface area (Å²) >= 11 is 0. The van der Waals surface area contributed by atoms with E-state index >= 15 is 0 Å². The monoisotopic (exact) mass is 292 g/mol. The lowest BCUT2D eigenvalue weighted by molar-refractivity contribution is 0.535. The topological polar surface area (TPSA) is 63.8 Å². The number of anilines is 1. The summed E-state index contributed by atoms with van der Waals surface area (Å²) in [6.45, 7) is 1.94. The second-order valence-electron chi connectivity index (χ2n) is 5.48. The molecule has 3 heterocycles. The van der Waals surface area contributed by atoms with Crippen molar-refractivity contribution in [2.75, 3.05) is 5.32 Å². The highest BCUT2D eigenvalue weighted by molar-refractivity contribution is 5.79. The number of nitrogens with zero attached hydrogens (tertiary/aromatic N) is 3. The maximum absolute atomic E-state index is 5.44. The van der Waals surface area contributed by atoms with Crippen molar-refractivity contribution in [2.24, 2.45) is 0 Å². The highest BCUT2D eigenvalue weighted by atomic mass is 16.3. The molecule has 1 N–H and O–H groups in total. The lowest BCUT2D eigenvalue weighted by Gasteiger charge is -2.10. The van der Waals surface area contributed by atoms with Crippen LogP contribution in [-0.4, -0.2) is 21.0 Å². The average Bonchev–Trinajstić information content (AvgIpc) is 3.26. The summed E-state index contributed by atoms with van der Waals surface area (Å²) in [6, 6.07) is 8.27. The number of rotatable bonds is 4. The molecule has 0 saturated heterocycles. The van der Waals surface area contributed by atoms with E-state index in [4.69, 9.17) is 9.40 Å². The molecule has 1 fully saturated rings. The van der Waals surface area contributed by atoms with Crippen LogP contribution in [0.25, 0.3) is 22.5 Å². The van der Waals surface area contributed by atoms with Gasteiger partial charge in [-0.05, 0) is 38.0 Å². The van der Waals surface area contributed by atoms with E-state index in [1.165, 1.54) is 12.8 Å². The summed E-state index contributed by atoms with van der Waals surface area (Å²) in [4.78, 5) is 13.6. The number of aromatic nitrogens is 3. The Kier molecular flexibility index (Phi) is 3.11. The molecule has 0 atom stereocenters. The molecule has 0 unspecified atom stereocenters. The van der Waals surface area contributed by atoms with Crippen LogP contribution >= 0.6 is 0 Å². The summed E-state index contributed by atoms with van der Waals surface area (Å²) in [5, 5.41) is 3.34. The third-order valence-corrected chi connectivity index (χ3v) is 3.75. The average molecular weight is 292 g/mol. The first-order valence-corrected chi connectivity index (χ1v) is 7.41. The summed E-state index contributed by atoms with van der Waals surface area (Å²) in [6.07, 6.45) is 7.67. The molecule has 1 aliphatic rings. The van der Waals surface area contributed by atoms with Crippen LogP contribution in [0, 0.1) is 6.92 Å². The lowest BCUT2D eigenvalue weighted by Crippen LogP contribution is -2.06. The molecule has 1 saturated carbocycles. The molecular formula is C17H16N4O. The molecule has 0 spiro atoms. The Morgan fingerprint density at radius 2 is 2.05 bits per heavy atom. The van der Waals surface area contributed by atoms with E-state index in [0.717, 1.165) is 28.3 Å². The predicted octanol–water partition coefficient (Wildman–Crippen LogP) is 3.68. The Morgan fingerprint density at radius 1 is 1.14 bits per heavy atom. The first-order chi connectivity index (χ1) is 10.8. The van der Waals surface area contributed by atoms with Crippen molar-refractivity contribution in [3.63, 3.8) is 0 Å². The predicted molar refractivity (Wildman–Crippen MR) is 84.3 cm³/mol. The summed E-state index contributed by atoms with van der Waals surface area (Å²) in [7, 11) is 0. The Morgan fingerprint density at radius 3 is 2.73 bits per heavy atom. The van der Waals surface area contributed by atoms with E-state index in [9.17, 15) is 0 Å². The second-order valence-corrected chi connectivity index (χ2v) is 5.48. The summed E-state index contributed by atoms with van der Waals surface area (Å²) in [5.41, 5.74) is 3.59. The number of hydrogen-bond acceptors (Lipinski definition) is 5. The Bertz CT molecular complexity index is 793. The van der Waals surface area contributed by atoms with Gasteiger partial charge in [-0.25, -0.2) is 9.97 Å². The smallest absolute Gasteiger partial charge is 0.223 e. The molecule has 0 amide bonds. The van der Waals surface area contributed by atoms with Crippen LogP contribution in [0.15, 0.2) is 47.3 Å². The van der Waals surface area contributed by atoms with Gasteiger partial charge in [-0.15, -0.1) is 0 Å². The van der Waals surface area contributed by atoms with Gasteiger partial charge in [-0.2, -0.15) is 0 Å². The Balaban J connectivity index is 1.84. The number of furan rings is 1. The van der Waals surface area contributed by atoms with E-state index in [0.29, 0.717) is 12.0 Å². The molecule has 3 aromatic heterocycles. The highest BCUT2D eigenvalue weighted by Gasteiger charge is 2.23. The fraction of sp³-hybridized carbons (Fsp3) is 0.235. The molecule has 4 rings (SSSR count). The SMILES string of the molecule is Cc1occc1-c1nc(NC2CC2)ncc1-c1ccccn1. The number of nitrogens with one attached hydrogen (secondary N) is 1. The number of aryl methyl sites for hydroxylation is 1. The third kappa shape index (κ3) is 2.45. The molecule has 0 aromatic carbocycles. The quantitative estimate of drug-likeness (QED) is 0.794. The molecule has 1 aliphatic carbocycles. The molecule has 3 aromatic rings. The van der Waals surface area contributed by atoms with Crippen molar-refractivity contribution in [3.8, 4) is 22.5 Å². The van der Waals surface area contributed by atoms with Gasteiger partial charge in [-0.3, -0.25) is 4.98 Å². The van der Waals surface area contributed by atoms with E-state index in [-0.39, 0.29) is 0 Å². The minimum absolute atomic E-state index is 0.513. The van der Waals surface area contributed by atoms with E-state index in [2.05, 4.69) is 15.3 Å². The molecule has 110 valence electrons. The van der Waals surface area contributed by atoms with Crippen LogP contribution in [0.1, 0.15) is 18.6 Å². The van der Waals surface area contributed by atoms with Gasteiger partial charge >= 0.3 is 0 Å². The molecular weight excluding hydrogens is 276 g/mol. The third-order valence-electron chi connectivity index (χ3n) is 3.75. The summed E-state index contributed by atoms with van der Waals surface area (Å²) in [5.74, 6) is 1.51. The molecule has 22 heavy (non-hydrogen) atoms. The van der Waals surface area contributed by atoms with E-state index in [1.54, 1.807) is 12.5 Å². The van der Waals surface area contributed by atoms with Crippen LogP contribution in [0.3, 0.4) is 0 Å². The summed E-state index contributed by atoms with van der Waals surface area (Å²) < 4.78 is 5.44. The van der Waals surface area contributed by atoms with Crippen molar-refractivity contribution >= 4 is 5.95 Å². The molecule has 5 heteroatoms. The van der Waals surface area contributed by atoms with Gasteiger partial charge in [0, 0.05) is 29.6 Å². The van der Waals surface area contributed by atoms with E-state index in [1.807, 2.05) is 37.4 Å². The van der Waals surface area contributed by atoms with Crippen LogP contribution in [0.5, 0.6) is 0 Å². The zero-order chi connectivity index (χ0) is 14.9. The van der Waals surface area contributed by atoms with Gasteiger partial charge in [0.1, 0.15) is 5.76 Å². The largest absolute Gasteiger partial charge is 0.469 e. The van der Waals surface area contributed by atoms with Gasteiger partial charge in [0.15, 0.2) is 0 Å². The fourth-order valence-corrected chi connectivity index (χ4v) is 2.41. The zero-order valence-corrected chi connectivity index (χ0v) is 12.3. The van der Waals surface area contributed by atoms with Gasteiger partial charge in [0.05, 0.1) is 17.7 Å². The zero-order valence-electron chi connectivity index (χ0n) is 12.3. The van der Waals surface area contributed by atoms with Gasteiger partial charge in [0.2, 0.25) is 5.95 Å². The second kappa shape index (κ2) is 5.26. The van der Waals surface area contributed by atoms with Gasteiger partial charge in [0.25, 0.3) is 0 Å². The fourth-order valence-electron chi connectivity index (χ4n) is 2.41. The van der Waals surface area contributed by atoms with Crippen molar-refractivity contribution in [3.05, 3.63) is 48.7 Å². The highest BCUT2D eigenvalue weighted by Crippen LogP contribution is 2.33.